The highest BCUT2D eigenvalue weighted by molar-refractivity contribution is 6.00. The van der Waals surface area contributed by atoms with Crippen LogP contribution in [0.2, 0.25) is 0 Å². The molecule has 0 radical (unpaired) electrons. The van der Waals surface area contributed by atoms with Gasteiger partial charge in [0.1, 0.15) is 12.0 Å². The van der Waals surface area contributed by atoms with Crippen LogP contribution >= 0.6 is 0 Å². The largest absolute Gasteiger partial charge is 0.337 e. The molecule has 0 N–H and O–H groups in total. The van der Waals surface area contributed by atoms with E-state index in [4.69, 9.17) is 0 Å². The van der Waals surface area contributed by atoms with E-state index in [1.807, 2.05) is 39.9 Å². The van der Waals surface area contributed by atoms with Gasteiger partial charge in [0, 0.05) is 37.9 Å². The number of pyridine rings is 1. The Morgan fingerprint density at radius 2 is 1.81 bits per heavy atom. The molecule has 5 heterocycles. The van der Waals surface area contributed by atoms with Crippen LogP contribution in [0, 0.1) is 0 Å². The van der Waals surface area contributed by atoms with Crippen molar-refractivity contribution in [1.82, 2.24) is 33.8 Å². The normalized spacial score (nSPS) is 14.1. The Bertz CT molecular complexity index is 1110. The van der Waals surface area contributed by atoms with Gasteiger partial charge in [0.25, 0.3) is 5.91 Å². The summed E-state index contributed by atoms with van der Waals surface area (Å²) in [6.45, 7) is 1.58. The van der Waals surface area contributed by atoms with Crippen molar-refractivity contribution < 1.29 is 4.79 Å². The van der Waals surface area contributed by atoms with Crippen molar-refractivity contribution in [2.45, 2.75) is 12.8 Å². The van der Waals surface area contributed by atoms with Crippen LogP contribution in [0.15, 0.2) is 55.4 Å². The van der Waals surface area contributed by atoms with E-state index in [2.05, 4.69) is 19.9 Å². The molecule has 0 bridgehead atoms. The summed E-state index contributed by atoms with van der Waals surface area (Å²) in [5.74, 6) is 1.14. The maximum atomic E-state index is 12.9. The van der Waals surface area contributed by atoms with E-state index in [0.717, 1.165) is 31.4 Å². The molecule has 1 fully saturated rings. The number of rotatable bonds is 3. The minimum absolute atomic E-state index is 0.0201. The van der Waals surface area contributed by atoms with Crippen LogP contribution in [-0.2, 0) is 0 Å². The van der Waals surface area contributed by atoms with E-state index in [-0.39, 0.29) is 5.91 Å². The Hall–Kier alpha value is -3.55. The number of amides is 1. The molecule has 0 unspecified atom stereocenters. The standard InChI is InChI=1S/C19H17N7O/c27-18(24-9-3-4-10-24)16-15-6-1-2-11-26(15)17(23-16)14-12-25(13-22-14)19-20-7-5-8-21-19/h1-2,5-8,11-13H,3-4,9-10H2. The zero-order valence-corrected chi connectivity index (χ0v) is 14.6. The number of fused-ring (bicyclic) bond motifs is 1. The van der Waals surface area contributed by atoms with E-state index in [1.165, 1.54) is 0 Å². The lowest BCUT2D eigenvalue weighted by Gasteiger charge is -2.13. The van der Waals surface area contributed by atoms with Gasteiger partial charge in [0.05, 0.1) is 5.52 Å². The van der Waals surface area contributed by atoms with Gasteiger partial charge in [-0.05, 0) is 31.0 Å². The second-order valence-corrected chi connectivity index (χ2v) is 6.45. The van der Waals surface area contributed by atoms with Crippen molar-refractivity contribution in [1.29, 1.82) is 0 Å². The Morgan fingerprint density at radius 1 is 1.00 bits per heavy atom. The van der Waals surface area contributed by atoms with E-state index in [0.29, 0.717) is 23.2 Å². The van der Waals surface area contributed by atoms with Gasteiger partial charge in [-0.15, -0.1) is 0 Å². The molecule has 1 saturated heterocycles. The van der Waals surface area contributed by atoms with Gasteiger partial charge in [-0.25, -0.2) is 19.9 Å². The monoisotopic (exact) mass is 359 g/mol. The highest BCUT2D eigenvalue weighted by Gasteiger charge is 2.25. The number of likely N-dealkylation sites (tertiary alicyclic amines) is 1. The topological polar surface area (TPSA) is 81.2 Å². The van der Waals surface area contributed by atoms with Gasteiger partial charge in [0.15, 0.2) is 11.5 Å². The smallest absolute Gasteiger partial charge is 0.274 e. The second-order valence-electron chi connectivity index (χ2n) is 6.45. The number of hydrogen-bond donors (Lipinski definition) is 0. The summed E-state index contributed by atoms with van der Waals surface area (Å²) in [5, 5.41) is 0. The molecule has 1 aliphatic rings. The van der Waals surface area contributed by atoms with Gasteiger partial charge in [-0.3, -0.25) is 13.8 Å². The fraction of sp³-hybridized carbons (Fsp3) is 0.211. The fourth-order valence-electron chi connectivity index (χ4n) is 3.42. The Labute approximate surface area is 155 Å². The summed E-state index contributed by atoms with van der Waals surface area (Å²) in [5.41, 5.74) is 1.91. The van der Waals surface area contributed by atoms with Crippen LogP contribution < -0.4 is 0 Å². The summed E-state index contributed by atoms with van der Waals surface area (Å²) >= 11 is 0. The van der Waals surface area contributed by atoms with Crippen molar-refractivity contribution in [3.63, 3.8) is 0 Å². The fourth-order valence-corrected chi connectivity index (χ4v) is 3.42. The molecule has 1 aliphatic heterocycles. The number of carbonyl (C=O) groups excluding carboxylic acids is 1. The minimum atomic E-state index is -0.0201. The van der Waals surface area contributed by atoms with Gasteiger partial charge >= 0.3 is 0 Å². The Balaban J connectivity index is 1.60. The first-order valence-electron chi connectivity index (χ1n) is 8.89. The average molecular weight is 359 g/mol. The highest BCUT2D eigenvalue weighted by Crippen LogP contribution is 2.24. The van der Waals surface area contributed by atoms with E-state index in [9.17, 15) is 4.79 Å². The Morgan fingerprint density at radius 3 is 2.63 bits per heavy atom. The maximum Gasteiger partial charge on any atom is 0.274 e. The molecule has 4 aromatic heterocycles. The molecule has 4 aromatic rings. The number of hydrogen-bond acceptors (Lipinski definition) is 5. The molecule has 27 heavy (non-hydrogen) atoms. The molecular formula is C19H17N7O. The van der Waals surface area contributed by atoms with Gasteiger partial charge < -0.3 is 4.90 Å². The minimum Gasteiger partial charge on any atom is -0.337 e. The number of aromatic nitrogens is 6. The molecule has 8 nitrogen and oxygen atoms in total. The summed E-state index contributed by atoms with van der Waals surface area (Å²) < 4.78 is 3.64. The molecule has 134 valence electrons. The lowest BCUT2D eigenvalue weighted by Crippen LogP contribution is -2.28. The lowest BCUT2D eigenvalue weighted by molar-refractivity contribution is 0.0789. The molecule has 0 aliphatic carbocycles. The van der Waals surface area contributed by atoms with Crippen molar-refractivity contribution in [2.24, 2.45) is 0 Å². The van der Waals surface area contributed by atoms with Crippen molar-refractivity contribution in [2.75, 3.05) is 13.1 Å². The quantitative estimate of drug-likeness (QED) is 0.560. The molecule has 0 atom stereocenters. The summed E-state index contributed by atoms with van der Waals surface area (Å²) in [4.78, 5) is 32.4. The number of imidazole rings is 2. The number of nitrogens with zero attached hydrogens (tertiary/aromatic N) is 7. The first-order chi connectivity index (χ1) is 13.3. The van der Waals surface area contributed by atoms with Crippen LogP contribution in [0.5, 0.6) is 0 Å². The maximum absolute atomic E-state index is 12.9. The van der Waals surface area contributed by atoms with Gasteiger partial charge in [0.2, 0.25) is 5.95 Å². The summed E-state index contributed by atoms with van der Waals surface area (Å²) in [7, 11) is 0. The molecule has 0 saturated carbocycles. The zero-order chi connectivity index (χ0) is 18.2. The van der Waals surface area contributed by atoms with Crippen molar-refractivity contribution >= 4 is 11.4 Å². The molecule has 0 spiro atoms. The highest BCUT2D eigenvalue weighted by atomic mass is 16.2. The second kappa shape index (κ2) is 6.31. The predicted molar refractivity (Wildman–Crippen MR) is 98.5 cm³/mol. The molecule has 5 rings (SSSR count). The first kappa shape index (κ1) is 15.7. The van der Waals surface area contributed by atoms with Gasteiger partial charge in [-0.2, -0.15) is 0 Å². The third kappa shape index (κ3) is 2.66. The van der Waals surface area contributed by atoms with Crippen LogP contribution in [0.25, 0.3) is 23.0 Å². The molecule has 0 aromatic carbocycles. The first-order valence-corrected chi connectivity index (χ1v) is 8.89. The Kier molecular flexibility index (Phi) is 3.67. The van der Waals surface area contributed by atoms with E-state index < -0.39 is 0 Å². The summed E-state index contributed by atoms with van der Waals surface area (Å²) in [6.07, 6.45) is 10.8. The average Bonchev–Trinajstić information content (AvgIpc) is 3.47. The van der Waals surface area contributed by atoms with Crippen molar-refractivity contribution in [3.8, 4) is 17.5 Å². The molecule has 1 amide bonds. The van der Waals surface area contributed by atoms with E-state index >= 15 is 0 Å². The third-order valence-corrected chi connectivity index (χ3v) is 4.74. The van der Waals surface area contributed by atoms with Crippen molar-refractivity contribution in [3.05, 3.63) is 61.1 Å². The van der Waals surface area contributed by atoms with Crippen LogP contribution in [0.1, 0.15) is 23.3 Å². The van der Waals surface area contributed by atoms with Crippen LogP contribution in [0.3, 0.4) is 0 Å². The number of carbonyl (C=O) groups is 1. The van der Waals surface area contributed by atoms with Crippen LogP contribution in [0.4, 0.5) is 0 Å². The third-order valence-electron chi connectivity index (χ3n) is 4.74. The van der Waals surface area contributed by atoms with Gasteiger partial charge in [-0.1, -0.05) is 6.07 Å². The molecule has 8 heteroatoms. The van der Waals surface area contributed by atoms with Crippen LogP contribution in [-0.4, -0.2) is 52.8 Å². The lowest BCUT2D eigenvalue weighted by atomic mass is 10.3. The predicted octanol–water partition coefficient (Wildman–Crippen LogP) is 2.21. The summed E-state index contributed by atoms with van der Waals surface area (Å²) in [6, 6.07) is 7.51. The zero-order valence-electron chi connectivity index (χ0n) is 14.6. The SMILES string of the molecule is O=C(c1nc(-c2cn(-c3ncccn3)cn2)n2ccccc12)N1CCCC1. The van der Waals surface area contributed by atoms with E-state index in [1.54, 1.807) is 29.4 Å². The molecular weight excluding hydrogens is 342 g/mol.